The van der Waals surface area contributed by atoms with Gasteiger partial charge in [-0.3, -0.25) is 0 Å². The Bertz CT molecular complexity index is 363. The third kappa shape index (κ3) is 3.65. The summed E-state index contributed by atoms with van der Waals surface area (Å²) >= 11 is 2.75. The lowest BCUT2D eigenvalue weighted by atomic mass is 10.3. The van der Waals surface area contributed by atoms with Crippen molar-refractivity contribution in [1.29, 1.82) is 0 Å². The molecule has 15 heavy (non-hydrogen) atoms. The highest BCUT2D eigenvalue weighted by Crippen LogP contribution is 2.29. The molecule has 1 aromatic rings. The van der Waals surface area contributed by atoms with Gasteiger partial charge >= 0.3 is 6.18 Å². The molecule has 0 fully saturated rings. The Labute approximate surface area is 90.0 Å². The molecule has 0 atom stereocenters. The fraction of sp³-hybridized carbons (Fsp3) is 0.250. The summed E-state index contributed by atoms with van der Waals surface area (Å²) in [6.45, 7) is -1.56. The zero-order valence-electron chi connectivity index (χ0n) is 7.04. The highest BCUT2D eigenvalue weighted by molar-refractivity contribution is 9.10. The van der Waals surface area contributed by atoms with E-state index in [0.29, 0.717) is 12.1 Å². The standard InChI is InChI=1S/C8H4BrF5O/c9-4-1-5(10)6(11)2-7(4)15-3-8(12,13)14/h1-2H,3H2. The minimum Gasteiger partial charge on any atom is -0.483 e. The molecule has 0 radical (unpaired) electrons. The van der Waals surface area contributed by atoms with E-state index >= 15 is 0 Å². The largest absolute Gasteiger partial charge is 0.483 e. The number of ether oxygens (including phenoxy) is 1. The molecule has 0 saturated carbocycles. The van der Waals surface area contributed by atoms with Gasteiger partial charge in [-0.15, -0.1) is 0 Å². The fourth-order valence-corrected chi connectivity index (χ4v) is 1.20. The van der Waals surface area contributed by atoms with Crippen LogP contribution in [0, 0.1) is 11.6 Å². The number of hydrogen-bond donors (Lipinski definition) is 0. The van der Waals surface area contributed by atoms with E-state index in [9.17, 15) is 22.0 Å². The summed E-state index contributed by atoms with van der Waals surface area (Å²) in [5.74, 6) is -2.83. The van der Waals surface area contributed by atoms with Crippen molar-refractivity contribution in [2.45, 2.75) is 6.18 Å². The SMILES string of the molecule is Fc1cc(Br)c(OCC(F)(F)F)cc1F. The van der Waals surface area contributed by atoms with Crippen LogP contribution in [0.4, 0.5) is 22.0 Å². The Hall–Kier alpha value is -0.850. The topological polar surface area (TPSA) is 9.23 Å². The normalized spacial score (nSPS) is 11.6. The van der Waals surface area contributed by atoms with Gasteiger partial charge in [-0.25, -0.2) is 8.78 Å². The van der Waals surface area contributed by atoms with Gasteiger partial charge in [-0.05, 0) is 22.0 Å². The van der Waals surface area contributed by atoms with Gasteiger partial charge in [0.1, 0.15) is 5.75 Å². The lowest BCUT2D eigenvalue weighted by Crippen LogP contribution is -2.19. The molecule has 7 heteroatoms. The zero-order chi connectivity index (χ0) is 11.6. The molecule has 84 valence electrons. The molecule has 1 rings (SSSR count). The maximum absolute atomic E-state index is 12.6. The van der Waals surface area contributed by atoms with Crippen molar-refractivity contribution in [3.05, 3.63) is 28.2 Å². The molecular weight excluding hydrogens is 287 g/mol. The van der Waals surface area contributed by atoms with Crippen LogP contribution in [0.2, 0.25) is 0 Å². The molecule has 0 amide bonds. The first kappa shape index (κ1) is 12.2. The number of hydrogen-bond acceptors (Lipinski definition) is 1. The van der Waals surface area contributed by atoms with Gasteiger partial charge in [0.15, 0.2) is 18.2 Å². The molecule has 0 aliphatic rings. The Morgan fingerprint density at radius 2 is 1.67 bits per heavy atom. The molecular formula is C8H4BrF5O. The van der Waals surface area contributed by atoms with Crippen LogP contribution in [0.3, 0.4) is 0 Å². The predicted octanol–water partition coefficient (Wildman–Crippen LogP) is 3.67. The highest BCUT2D eigenvalue weighted by atomic mass is 79.9. The molecule has 0 unspecified atom stereocenters. The number of alkyl halides is 3. The van der Waals surface area contributed by atoms with Crippen LogP contribution in [0.25, 0.3) is 0 Å². The molecule has 0 saturated heterocycles. The Kier molecular flexibility index (Phi) is 3.54. The maximum atomic E-state index is 12.6. The molecule has 1 nitrogen and oxygen atoms in total. The van der Waals surface area contributed by atoms with E-state index in [1.165, 1.54) is 0 Å². The molecule has 0 spiro atoms. The molecule has 0 N–H and O–H groups in total. The minimum atomic E-state index is -4.52. The van der Waals surface area contributed by atoms with Gasteiger partial charge in [0.05, 0.1) is 4.47 Å². The van der Waals surface area contributed by atoms with Crippen molar-refractivity contribution >= 4 is 15.9 Å². The second-order valence-corrected chi connectivity index (χ2v) is 3.45. The van der Waals surface area contributed by atoms with Crippen LogP contribution in [0.15, 0.2) is 16.6 Å². The van der Waals surface area contributed by atoms with E-state index in [0.717, 1.165) is 0 Å². The highest BCUT2D eigenvalue weighted by Gasteiger charge is 2.29. The predicted molar refractivity (Wildman–Crippen MR) is 45.6 cm³/mol. The Morgan fingerprint density at radius 1 is 1.13 bits per heavy atom. The van der Waals surface area contributed by atoms with Crippen LogP contribution in [-0.2, 0) is 0 Å². The molecule has 0 aliphatic carbocycles. The summed E-state index contributed by atoms with van der Waals surface area (Å²) < 4.78 is 64.6. The van der Waals surface area contributed by atoms with Gasteiger partial charge < -0.3 is 4.74 Å². The molecule has 0 aliphatic heterocycles. The molecule has 0 heterocycles. The molecule has 0 aromatic heterocycles. The van der Waals surface area contributed by atoms with Gasteiger partial charge in [0.25, 0.3) is 0 Å². The van der Waals surface area contributed by atoms with E-state index in [-0.39, 0.29) is 4.47 Å². The Balaban J connectivity index is 2.82. The second-order valence-electron chi connectivity index (χ2n) is 2.60. The van der Waals surface area contributed by atoms with Gasteiger partial charge in [0, 0.05) is 6.07 Å². The smallest absolute Gasteiger partial charge is 0.422 e. The van der Waals surface area contributed by atoms with E-state index in [2.05, 4.69) is 20.7 Å². The average Bonchev–Trinajstić information content (AvgIpc) is 2.07. The van der Waals surface area contributed by atoms with Crippen molar-refractivity contribution in [2.75, 3.05) is 6.61 Å². The number of rotatable bonds is 2. The number of benzene rings is 1. The van der Waals surface area contributed by atoms with Crippen LogP contribution < -0.4 is 4.74 Å². The minimum absolute atomic E-state index is 0.0781. The summed E-state index contributed by atoms with van der Waals surface area (Å²) in [5.41, 5.74) is 0. The van der Waals surface area contributed by atoms with Crippen molar-refractivity contribution in [1.82, 2.24) is 0 Å². The quantitative estimate of drug-likeness (QED) is 0.596. The monoisotopic (exact) mass is 290 g/mol. The first-order valence-corrected chi connectivity index (χ1v) is 4.43. The fourth-order valence-electron chi connectivity index (χ4n) is 0.775. The van der Waals surface area contributed by atoms with E-state index in [1.54, 1.807) is 0 Å². The summed E-state index contributed by atoms with van der Waals surface area (Å²) in [7, 11) is 0. The van der Waals surface area contributed by atoms with Crippen molar-refractivity contribution < 1.29 is 26.7 Å². The van der Waals surface area contributed by atoms with Crippen LogP contribution in [0.5, 0.6) is 5.75 Å². The lowest BCUT2D eigenvalue weighted by Gasteiger charge is -2.10. The zero-order valence-corrected chi connectivity index (χ0v) is 8.62. The molecule has 0 bridgehead atoms. The number of halogens is 6. The van der Waals surface area contributed by atoms with Crippen molar-refractivity contribution in [2.24, 2.45) is 0 Å². The third-order valence-electron chi connectivity index (χ3n) is 1.37. The second kappa shape index (κ2) is 4.34. The molecule has 1 aromatic carbocycles. The van der Waals surface area contributed by atoms with Gasteiger partial charge in [-0.1, -0.05) is 0 Å². The summed E-state index contributed by atoms with van der Waals surface area (Å²) in [4.78, 5) is 0. The maximum Gasteiger partial charge on any atom is 0.422 e. The van der Waals surface area contributed by atoms with Gasteiger partial charge in [-0.2, -0.15) is 13.2 Å². The summed E-state index contributed by atoms with van der Waals surface area (Å²) in [5, 5.41) is 0. The first-order valence-electron chi connectivity index (χ1n) is 3.63. The van der Waals surface area contributed by atoms with E-state index in [1.807, 2.05) is 0 Å². The van der Waals surface area contributed by atoms with Gasteiger partial charge in [0.2, 0.25) is 0 Å². The summed E-state index contributed by atoms with van der Waals surface area (Å²) in [6.07, 6.45) is -4.52. The lowest BCUT2D eigenvalue weighted by molar-refractivity contribution is -0.153. The van der Waals surface area contributed by atoms with E-state index in [4.69, 9.17) is 0 Å². The van der Waals surface area contributed by atoms with Crippen molar-refractivity contribution in [3.63, 3.8) is 0 Å². The summed E-state index contributed by atoms with van der Waals surface area (Å²) in [6, 6.07) is 1.24. The van der Waals surface area contributed by atoms with Crippen LogP contribution >= 0.6 is 15.9 Å². The van der Waals surface area contributed by atoms with Crippen LogP contribution in [-0.4, -0.2) is 12.8 Å². The first-order chi connectivity index (χ1) is 6.79. The van der Waals surface area contributed by atoms with Crippen LogP contribution in [0.1, 0.15) is 0 Å². The van der Waals surface area contributed by atoms with Crippen molar-refractivity contribution in [3.8, 4) is 5.75 Å². The Morgan fingerprint density at radius 3 is 2.20 bits per heavy atom. The third-order valence-corrected chi connectivity index (χ3v) is 1.99. The average molecular weight is 291 g/mol. The van der Waals surface area contributed by atoms with E-state index < -0.39 is 30.2 Å².